The van der Waals surface area contributed by atoms with E-state index in [1.165, 1.54) is 12.0 Å². The fourth-order valence-electron chi connectivity index (χ4n) is 3.86. The Balaban J connectivity index is 1.70. The maximum atomic E-state index is 14.5. The van der Waals surface area contributed by atoms with E-state index in [1.807, 2.05) is 4.72 Å². The van der Waals surface area contributed by atoms with E-state index in [0.717, 1.165) is 18.2 Å². The molecule has 1 amide bonds. The monoisotopic (exact) mass is 522 g/mol. The number of nitrogens with one attached hydrogen (secondary N) is 1. The number of phenols is 1. The number of phenolic OH excluding ortho intramolecular Hbond substituents is 1. The normalized spacial score (nSPS) is 15.9. The van der Waals surface area contributed by atoms with Crippen LogP contribution in [0.15, 0.2) is 59.5 Å². The Labute approximate surface area is 206 Å². The number of aromatic hydroxyl groups is 1. The van der Waals surface area contributed by atoms with Crippen LogP contribution in [0.4, 0.5) is 14.5 Å². The highest BCUT2D eigenvalue weighted by Crippen LogP contribution is 2.35. The second kappa shape index (κ2) is 9.80. The third kappa shape index (κ3) is 5.09. The van der Waals surface area contributed by atoms with Crippen LogP contribution in [0.1, 0.15) is 16.8 Å². The van der Waals surface area contributed by atoms with Crippen molar-refractivity contribution in [2.24, 2.45) is 0 Å². The predicted octanol–water partition coefficient (Wildman–Crippen LogP) is 4.65. The molecular weight excluding hydrogens is 502 g/mol. The Kier molecular flexibility index (Phi) is 6.98. The van der Waals surface area contributed by atoms with E-state index in [0.29, 0.717) is 31.1 Å². The molecule has 0 bridgehead atoms. The Hall–Kier alpha value is -3.21. The van der Waals surface area contributed by atoms with Crippen molar-refractivity contribution >= 4 is 33.2 Å². The third-order valence-corrected chi connectivity index (χ3v) is 7.38. The molecule has 1 fully saturated rings. The van der Waals surface area contributed by atoms with Crippen molar-refractivity contribution in [2.75, 3.05) is 24.9 Å². The molecule has 0 aliphatic carbocycles. The van der Waals surface area contributed by atoms with Crippen LogP contribution in [-0.2, 0) is 14.8 Å². The Morgan fingerprint density at radius 2 is 1.86 bits per heavy atom. The lowest BCUT2D eigenvalue weighted by molar-refractivity contribution is 0.0724. The predicted molar refractivity (Wildman–Crippen MR) is 127 cm³/mol. The molecule has 3 aromatic carbocycles. The Morgan fingerprint density at radius 1 is 1.14 bits per heavy atom. The van der Waals surface area contributed by atoms with Gasteiger partial charge in [-0.25, -0.2) is 17.2 Å². The van der Waals surface area contributed by atoms with Gasteiger partial charge >= 0.3 is 0 Å². The van der Waals surface area contributed by atoms with Crippen molar-refractivity contribution in [1.29, 1.82) is 0 Å². The number of carbonyl (C=O) groups is 1. The van der Waals surface area contributed by atoms with Crippen LogP contribution < -0.4 is 4.72 Å². The lowest BCUT2D eigenvalue weighted by Crippen LogP contribution is -2.30. The average Bonchev–Trinajstić information content (AvgIpc) is 3.32. The van der Waals surface area contributed by atoms with Crippen molar-refractivity contribution in [1.82, 2.24) is 4.90 Å². The summed E-state index contributed by atoms with van der Waals surface area (Å²) in [7, 11) is -3.11. The number of rotatable bonds is 6. The zero-order chi connectivity index (χ0) is 25.3. The quantitative estimate of drug-likeness (QED) is 0.491. The number of nitrogens with zero attached hydrogens (tertiary/aromatic N) is 1. The second-order valence-electron chi connectivity index (χ2n) is 7.99. The zero-order valence-corrected chi connectivity index (χ0v) is 20.0. The van der Waals surface area contributed by atoms with Crippen molar-refractivity contribution < 1.29 is 31.8 Å². The largest absolute Gasteiger partial charge is 0.505 e. The average molecular weight is 523 g/mol. The minimum Gasteiger partial charge on any atom is -0.505 e. The van der Waals surface area contributed by atoms with Gasteiger partial charge in [0.2, 0.25) is 0 Å². The minimum absolute atomic E-state index is 0.0300. The maximum absolute atomic E-state index is 14.5. The summed E-state index contributed by atoms with van der Waals surface area (Å²) in [6, 6.07) is 11.9. The number of halogens is 3. The number of benzene rings is 3. The van der Waals surface area contributed by atoms with Gasteiger partial charge in [0.15, 0.2) is 5.75 Å². The van der Waals surface area contributed by atoms with Crippen LogP contribution >= 0.6 is 11.6 Å². The summed E-state index contributed by atoms with van der Waals surface area (Å²) in [5.41, 5.74) is -0.240. The molecule has 7 nitrogen and oxygen atoms in total. The van der Waals surface area contributed by atoms with Crippen LogP contribution in [0.3, 0.4) is 0 Å². The number of likely N-dealkylation sites (tertiary alicyclic amines) is 1. The lowest BCUT2D eigenvalue weighted by atomic mass is 10.0. The molecule has 1 aliphatic heterocycles. The van der Waals surface area contributed by atoms with Gasteiger partial charge in [0.1, 0.15) is 16.5 Å². The van der Waals surface area contributed by atoms with E-state index < -0.39 is 43.9 Å². The summed E-state index contributed by atoms with van der Waals surface area (Å²) in [4.78, 5) is 13.7. The highest BCUT2D eigenvalue weighted by Gasteiger charge is 2.30. The highest BCUT2D eigenvalue weighted by atomic mass is 35.5. The van der Waals surface area contributed by atoms with Gasteiger partial charge in [0.25, 0.3) is 15.9 Å². The number of hydrogen-bond acceptors (Lipinski definition) is 5. The molecule has 184 valence electrons. The topological polar surface area (TPSA) is 95.9 Å². The molecule has 35 heavy (non-hydrogen) atoms. The van der Waals surface area contributed by atoms with Crippen LogP contribution in [0.5, 0.6) is 5.75 Å². The highest BCUT2D eigenvalue weighted by molar-refractivity contribution is 7.92. The number of anilines is 1. The number of carbonyl (C=O) groups excluding carboxylic acids is 1. The number of amides is 1. The van der Waals surface area contributed by atoms with Gasteiger partial charge in [-0.3, -0.25) is 9.52 Å². The van der Waals surface area contributed by atoms with E-state index in [4.69, 9.17) is 16.3 Å². The minimum atomic E-state index is -4.64. The molecule has 3 aromatic rings. The van der Waals surface area contributed by atoms with Gasteiger partial charge in [-0.15, -0.1) is 0 Å². The molecule has 0 radical (unpaired) electrons. The fourth-order valence-corrected chi connectivity index (χ4v) is 5.33. The van der Waals surface area contributed by atoms with Crippen LogP contribution in [0.25, 0.3) is 11.1 Å². The van der Waals surface area contributed by atoms with E-state index in [9.17, 15) is 27.1 Å². The summed E-state index contributed by atoms with van der Waals surface area (Å²) in [5, 5.41) is 9.99. The summed E-state index contributed by atoms with van der Waals surface area (Å²) < 4.78 is 62.4. The Morgan fingerprint density at radius 3 is 2.51 bits per heavy atom. The molecule has 2 N–H and O–H groups in total. The molecule has 1 atom stereocenters. The number of ether oxygens (including phenoxy) is 1. The molecule has 4 rings (SSSR count). The first kappa shape index (κ1) is 24.9. The zero-order valence-electron chi connectivity index (χ0n) is 18.5. The first-order chi connectivity index (χ1) is 16.6. The number of hydrogen-bond donors (Lipinski definition) is 2. The third-order valence-electron chi connectivity index (χ3n) is 5.72. The molecular formula is C24H21ClF2N2O5S. The summed E-state index contributed by atoms with van der Waals surface area (Å²) in [6.07, 6.45) is 0.477. The summed E-state index contributed by atoms with van der Waals surface area (Å²) >= 11 is 6.03. The molecule has 0 spiro atoms. The van der Waals surface area contributed by atoms with E-state index >= 15 is 0 Å². The molecule has 1 heterocycles. The molecule has 0 saturated carbocycles. The van der Waals surface area contributed by atoms with Gasteiger partial charge < -0.3 is 14.7 Å². The maximum Gasteiger partial charge on any atom is 0.265 e. The van der Waals surface area contributed by atoms with Gasteiger partial charge in [-0.05, 0) is 30.2 Å². The molecule has 11 heteroatoms. The van der Waals surface area contributed by atoms with Crippen LogP contribution in [-0.4, -0.2) is 50.6 Å². The van der Waals surface area contributed by atoms with E-state index in [-0.39, 0.29) is 22.3 Å². The lowest BCUT2D eigenvalue weighted by Gasteiger charge is -2.18. The Bertz CT molecular complexity index is 1390. The van der Waals surface area contributed by atoms with Crippen molar-refractivity contribution in [2.45, 2.75) is 17.4 Å². The second-order valence-corrected chi connectivity index (χ2v) is 10.0. The standard InChI is InChI=1S/C24H21ClF2N2O5S/c1-34-16-7-8-29(13-16)24(31)15-9-18(25)23(30)22(10-15)35(32,33)28-21-11-17(19(26)12-20(21)27)14-5-3-2-4-6-14/h2-6,9-12,16,28,30H,7-8,13H2,1H3/t16-/m1/s1. The van der Waals surface area contributed by atoms with Crippen molar-refractivity contribution in [3.05, 3.63) is 76.8 Å². The van der Waals surface area contributed by atoms with Crippen LogP contribution in [0.2, 0.25) is 5.02 Å². The molecule has 1 saturated heterocycles. The first-order valence-corrected chi connectivity index (χ1v) is 12.4. The summed E-state index contributed by atoms with van der Waals surface area (Å²) in [6.45, 7) is 0.719. The van der Waals surface area contributed by atoms with Gasteiger partial charge in [-0.1, -0.05) is 41.9 Å². The van der Waals surface area contributed by atoms with Crippen molar-refractivity contribution in [3.8, 4) is 16.9 Å². The van der Waals surface area contributed by atoms with Gasteiger partial charge in [0.05, 0.1) is 16.8 Å². The SMILES string of the molecule is CO[C@@H]1CCN(C(=O)c2cc(Cl)c(O)c(S(=O)(=O)Nc3cc(-c4ccccc4)c(F)cc3F)c2)C1. The summed E-state index contributed by atoms with van der Waals surface area (Å²) in [5.74, 6) is -3.35. The first-order valence-electron chi connectivity index (χ1n) is 10.5. The van der Waals surface area contributed by atoms with Gasteiger partial charge in [-0.2, -0.15) is 0 Å². The number of methoxy groups -OCH3 is 1. The van der Waals surface area contributed by atoms with E-state index in [2.05, 4.69) is 0 Å². The fraction of sp³-hybridized carbons (Fsp3) is 0.208. The smallest absolute Gasteiger partial charge is 0.265 e. The van der Waals surface area contributed by atoms with E-state index in [1.54, 1.807) is 30.3 Å². The molecule has 0 aromatic heterocycles. The molecule has 1 aliphatic rings. The number of sulfonamides is 1. The van der Waals surface area contributed by atoms with Gasteiger partial charge in [0, 0.05) is 37.4 Å². The van der Waals surface area contributed by atoms with Crippen LogP contribution in [0, 0.1) is 11.6 Å². The molecule has 0 unspecified atom stereocenters. The van der Waals surface area contributed by atoms with Crippen molar-refractivity contribution in [3.63, 3.8) is 0 Å².